The molecule has 0 radical (unpaired) electrons. The van der Waals surface area contributed by atoms with Crippen molar-refractivity contribution >= 4 is 86.5 Å². The Balaban J connectivity index is 0.000000293. The summed E-state index contributed by atoms with van der Waals surface area (Å²) in [5.41, 5.74) is 8.75. The molecule has 506 valence electrons. The minimum Gasteiger partial charge on any atom is -0.494 e. The number of aliphatic carboxylic acids is 2. The normalized spacial score (nSPS) is 16.3. The largest absolute Gasteiger partial charge is 0.494 e. The Labute approximate surface area is 554 Å². The molecule has 2 saturated carbocycles. The zero-order chi connectivity index (χ0) is 63.6. The van der Waals surface area contributed by atoms with Crippen molar-refractivity contribution in [3.8, 4) is 11.5 Å². The number of esters is 2. The van der Waals surface area contributed by atoms with Crippen LogP contribution in [-0.4, -0.2) is 126 Å². The van der Waals surface area contributed by atoms with Gasteiger partial charge >= 0.3 is 11.9 Å². The van der Waals surface area contributed by atoms with Gasteiger partial charge in [-0.05, 0) is 150 Å². The third-order valence-corrected chi connectivity index (χ3v) is 15.3. The fourth-order valence-electron chi connectivity index (χ4n) is 10.6. The van der Waals surface area contributed by atoms with Crippen LogP contribution < -0.4 is 31.2 Å². The van der Waals surface area contributed by atoms with Crippen LogP contribution in [0.5, 0.6) is 11.5 Å². The van der Waals surface area contributed by atoms with Gasteiger partial charge in [0, 0.05) is 83.8 Å². The Morgan fingerprint density at radius 2 is 0.978 bits per heavy atom. The van der Waals surface area contributed by atoms with Crippen molar-refractivity contribution in [2.45, 2.75) is 213 Å². The van der Waals surface area contributed by atoms with Gasteiger partial charge in [-0.3, -0.25) is 19.2 Å². The summed E-state index contributed by atoms with van der Waals surface area (Å²) >= 11 is 6.17. The van der Waals surface area contributed by atoms with Crippen molar-refractivity contribution in [1.29, 1.82) is 0 Å². The molecule has 0 spiro atoms. The second-order valence-electron chi connectivity index (χ2n) is 22.4. The molecule has 7 N–H and O–H groups in total. The quantitative estimate of drug-likeness (QED) is 0.0108. The molecule has 0 amide bonds. The first-order valence-electron chi connectivity index (χ1n) is 31.6. The predicted molar refractivity (Wildman–Crippen MR) is 349 cm³/mol. The standard InChI is InChI=1S/C30H42N6O4.C16H22ClN5O.C14H21NO3.2C2H4O2.CH4.Pd/c1-38-27(37)14-7-2-3-9-19-39-24-17-15-23(16-18-24)33-30-34-28(32-22-11-5-4-6-12-22)25-21-31-36(29(25)35-30)26-13-8-10-20-40-26;17-16-20-14(19-11-6-2-1-3-7-11)12-10-18-22(15(12)21-16)13-8-4-5-9-23-13;1-17-14(16)6-4-2-3-5-11-18-13-9-7-12(15)8-10-13;2*1-2(3)4;;/h15-18,21-22,26H,2-14,19-20H2,1H3,(H2,32,33,34,35);10-11,13H,1-9H2,(H,19,20,21);7-10H,2-6,11,15H2,1H3;2*1H3,(H,3,4);1H4;. The number of halogens is 1. The molecular formula is C65H97ClN12O12Pd. The SMILES string of the molecule is C.CC(=O)O.CC(=O)O.COC(=O)CCCCCCOc1ccc(N)cc1.COC(=O)CCCCCCOc1ccc(Nc2nc(NC3CCCCC3)c3cnn(C4CCCCO4)c3n2)cc1.Clc1nc(NC2CCCCC2)c2cnn(C3CCCCO3)c2n1.[Pd]. The number of benzene rings is 2. The molecule has 0 bridgehead atoms. The summed E-state index contributed by atoms with van der Waals surface area (Å²) in [6.45, 7) is 5.04. The molecule has 6 heterocycles. The second kappa shape index (κ2) is 43.0. The minimum absolute atomic E-state index is 0. The van der Waals surface area contributed by atoms with E-state index in [2.05, 4.69) is 45.6 Å². The van der Waals surface area contributed by atoms with Gasteiger partial charge in [0.15, 0.2) is 23.8 Å². The van der Waals surface area contributed by atoms with E-state index in [1.165, 1.54) is 65.6 Å². The molecule has 2 atom stereocenters. The molecule has 26 heteroatoms. The summed E-state index contributed by atoms with van der Waals surface area (Å²) in [4.78, 5) is 58.6. The summed E-state index contributed by atoms with van der Waals surface area (Å²) in [5.74, 6) is 1.89. The topological polar surface area (TPSA) is 313 Å². The zero-order valence-corrected chi connectivity index (χ0v) is 54.9. The van der Waals surface area contributed by atoms with E-state index in [9.17, 15) is 9.59 Å². The summed E-state index contributed by atoms with van der Waals surface area (Å²) in [6, 6.07) is 16.1. The molecule has 2 unspecified atom stereocenters. The average Bonchev–Trinajstić information content (AvgIpc) is 1.70. The van der Waals surface area contributed by atoms with E-state index in [4.69, 9.17) is 66.1 Å². The maximum atomic E-state index is 11.2. The Kier molecular flexibility index (Phi) is 36.2. The number of carbonyl (C=O) groups is 4. The van der Waals surface area contributed by atoms with E-state index in [-0.39, 0.29) is 57.5 Å². The van der Waals surface area contributed by atoms with Crippen LogP contribution in [0, 0.1) is 0 Å². The Morgan fingerprint density at radius 1 is 0.571 bits per heavy atom. The van der Waals surface area contributed by atoms with Gasteiger partial charge in [0.05, 0.1) is 50.6 Å². The van der Waals surface area contributed by atoms with Crippen LogP contribution in [0.1, 0.15) is 201 Å². The predicted octanol–water partition coefficient (Wildman–Crippen LogP) is 14.0. The number of rotatable bonds is 24. The van der Waals surface area contributed by atoms with Crippen molar-refractivity contribution in [3.05, 3.63) is 66.2 Å². The maximum absolute atomic E-state index is 11.2. The molecule has 4 aliphatic rings. The van der Waals surface area contributed by atoms with Crippen molar-refractivity contribution in [1.82, 2.24) is 39.5 Å². The van der Waals surface area contributed by atoms with Crippen LogP contribution >= 0.6 is 11.6 Å². The van der Waals surface area contributed by atoms with E-state index in [0.717, 1.165) is 186 Å². The molecule has 2 aliphatic heterocycles. The minimum atomic E-state index is -0.833. The summed E-state index contributed by atoms with van der Waals surface area (Å²) < 4.78 is 36.4. The van der Waals surface area contributed by atoms with Gasteiger partial charge in [0.2, 0.25) is 11.2 Å². The number of unbranched alkanes of at least 4 members (excludes halogenated alkanes) is 6. The fourth-order valence-corrected chi connectivity index (χ4v) is 10.8. The number of hydrogen-bond donors (Lipinski definition) is 6. The van der Waals surface area contributed by atoms with Crippen molar-refractivity contribution in [2.75, 3.05) is 62.3 Å². The van der Waals surface area contributed by atoms with Crippen molar-refractivity contribution < 1.29 is 78.2 Å². The van der Waals surface area contributed by atoms with Gasteiger partial charge in [-0.2, -0.15) is 30.1 Å². The van der Waals surface area contributed by atoms with Gasteiger partial charge < -0.3 is 60.3 Å². The van der Waals surface area contributed by atoms with E-state index < -0.39 is 11.9 Å². The number of methoxy groups -OCH3 is 2. The van der Waals surface area contributed by atoms with E-state index in [0.29, 0.717) is 44.1 Å². The number of carboxylic acid groups (broad SMARTS) is 2. The molecule has 91 heavy (non-hydrogen) atoms. The second-order valence-corrected chi connectivity index (χ2v) is 22.8. The summed E-state index contributed by atoms with van der Waals surface area (Å²) in [6.07, 6.45) is 31.0. The number of hydrogen-bond acceptors (Lipinski definition) is 20. The smallest absolute Gasteiger partial charge is 0.305 e. The van der Waals surface area contributed by atoms with Gasteiger partial charge in [-0.15, -0.1) is 0 Å². The Morgan fingerprint density at radius 3 is 1.41 bits per heavy atom. The van der Waals surface area contributed by atoms with Gasteiger partial charge in [-0.1, -0.05) is 71.6 Å². The number of ether oxygens (including phenoxy) is 6. The van der Waals surface area contributed by atoms with Crippen LogP contribution in [0.15, 0.2) is 60.9 Å². The number of carboxylic acids is 2. The fraction of sp³-hybridized carbons (Fsp3) is 0.600. The van der Waals surface area contributed by atoms with Gasteiger partial charge in [-0.25, -0.2) is 9.36 Å². The number of anilines is 5. The number of fused-ring (bicyclic) bond motifs is 2. The van der Waals surface area contributed by atoms with E-state index >= 15 is 0 Å². The monoisotopic (exact) mass is 1380 g/mol. The first-order chi connectivity index (χ1) is 43.2. The molecule has 4 aromatic heterocycles. The van der Waals surface area contributed by atoms with Crippen molar-refractivity contribution in [3.63, 3.8) is 0 Å². The van der Waals surface area contributed by atoms with E-state index in [1.807, 2.05) is 70.3 Å². The molecule has 2 saturated heterocycles. The molecule has 2 aliphatic carbocycles. The van der Waals surface area contributed by atoms with E-state index in [1.54, 1.807) is 0 Å². The number of nitrogens with two attached hydrogens (primary N) is 1. The molecule has 2 aromatic carbocycles. The number of nitrogens with zero attached hydrogens (tertiary/aromatic N) is 8. The van der Waals surface area contributed by atoms with Gasteiger partial charge in [0.25, 0.3) is 11.9 Å². The maximum Gasteiger partial charge on any atom is 0.305 e. The summed E-state index contributed by atoms with van der Waals surface area (Å²) in [7, 11) is 2.85. The summed E-state index contributed by atoms with van der Waals surface area (Å²) in [5, 5.41) is 36.8. The Bertz CT molecular complexity index is 3020. The number of aromatic nitrogens is 8. The average molecular weight is 1380 g/mol. The molecular weight excluding hydrogens is 1280 g/mol. The molecule has 6 aromatic rings. The number of nitrogens with one attached hydrogen (secondary N) is 3. The molecule has 24 nitrogen and oxygen atoms in total. The third-order valence-electron chi connectivity index (χ3n) is 15.2. The first kappa shape index (κ1) is 76.5. The first-order valence-corrected chi connectivity index (χ1v) is 32.0. The molecule has 4 fully saturated rings. The van der Waals surface area contributed by atoms with Crippen molar-refractivity contribution in [2.24, 2.45) is 0 Å². The zero-order valence-electron chi connectivity index (χ0n) is 52.6. The van der Waals surface area contributed by atoms with Crippen LogP contribution in [0.4, 0.5) is 29.0 Å². The van der Waals surface area contributed by atoms with Crippen LogP contribution in [0.25, 0.3) is 22.1 Å². The Hall–Kier alpha value is -6.91. The number of carbonyl (C=O) groups excluding carboxylic acids is 2. The molecule has 10 rings (SSSR count). The third kappa shape index (κ3) is 28.2. The number of nitrogen functional groups attached to an aromatic ring is 1. The van der Waals surface area contributed by atoms with Crippen LogP contribution in [0.3, 0.4) is 0 Å². The van der Waals surface area contributed by atoms with Gasteiger partial charge in [0.1, 0.15) is 23.1 Å². The van der Waals surface area contributed by atoms with Crippen LogP contribution in [0.2, 0.25) is 5.28 Å². The van der Waals surface area contributed by atoms with Crippen LogP contribution in [-0.2, 0) is 58.5 Å².